The van der Waals surface area contributed by atoms with Gasteiger partial charge in [0.15, 0.2) is 11.5 Å². The minimum absolute atomic E-state index is 0.108. The van der Waals surface area contributed by atoms with Crippen molar-refractivity contribution in [2.75, 3.05) is 21.3 Å². The summed E-state index contributed by atoms with van der Waals surface area (Å²) in [6.07, 6.45) is 3.07. The molecular weight excluding hydrogens is 258 g/mol. The van der Waals surface area contributed by atoms with E-state index < -0.39 is 0 Å². The topological polar surface area (TPSA) is 67.5 Å². The average Bonchev–Trinajstić information content (AvgIpc) is 3.00. The summed E-state index contributed by atoms with van der Waals surface area (Å²) in [5.74, 6) is 1.18. The molecule has 6 nitrogen and oxygen atoms in total. The van der Waals surface area contributed by atoms with E-state index in [-0.39, 0.29) is 5.91 Å². The Labute approximate surface area is 117 Å². The number of nitrogens with zero attached hydrogens (tertiary/aromatic N) is 2. The fourth-order valence-corrected chi connectivity index (χ4v) is 1.99. The average molecular weight is 275 g/mol. The van der Waals surface area contributed by atoms with Gasteiger partial charge in [0.25, 0.3) is 5.91 Å². The van der Waals surface area contributed by atoms with E-state index in [2.05, 4.69) is 10.2 Å². The van der Waals surface area contributed by atoms with Gasteiger partial charge in [-0.05, 0) is 6.07 Å². The molecule has 1 heterocycles. The summed E-state index contributed by atoms with van der Waals surface area (Å²) in [6, 6.07) is 5.59. The van der Waals surface area contributed by atoms with Crippen molar-refractivity contribution >= 4 is 5.91 Å². The first-order valence-corrected chi connectivity index (χ1v) is 6.11. The minimum Gasteiger partial charge on any atom is -0.493 e. The van der Waals surface area contributed by atoms with Crippen LogP contribution in [0.2, 0.25) is 0 Å². The molecule has 0 unspecified atom stereocenters. The Bertz CT molecular complexity index is 581. The molecule has 1 N–H and O–H groups in total. The molecule has 6 heteroatoms. The summed E-state index contributed by atoms with van der Waals surface area (Å²) in [7, 11) is 4.90. The highest BCUT2D eigenvalue weighted by Gasteiger charge is 2.16. The summed E-state index contributed by atoms with van der Waals surface area (Å²) in [4.78, 5) is 13.8. The van der Waals surface area contributed by atoms with Gasteiger partial charge in [-0.25, -0.2) is 0 Å². The number of ether oxygens (including phenoxy) is 2. The number of benzene rings is 1. The number of carbonyl (C=O) groups is 1. The number of aromatic nitrogens is 2. The van der Waals surface area contributed by atoms with E-state index in [1.807, 2.05) is 18.2 Å². The number of amides is 1. The Kier molecular flexibility index (Phi) is 4.24. The van der Waals surface area contributed by atoms with E-state index in [4.69, 9.17) is 9.47 Å². The zero-order valence-corrected chi connectivity index (χ0v) is 11.7. The van der Waals surface area contributed by atoms with Gasteiger partial charge in [0, 0.05) is 25.4 Å². The lowest BCUT2D eigenvalue weighted by Gasteiger charge is -2.19. The first-order valence-electron chi connectivity index (χ1n) is 6.11. The lowest BCUT2D eigenvalue weighted by Crippen LogP contribution is -2.26. The summed E-state index contributed by atoms with van der Waals surface area (Å²) in [5.41, 5.74) is 1.40. The molecule has 0 radical (unpaired) electrons. The third-order valence-corrected chi connectivity index (χ3v) is 2.98. The number of nitrogens with one attached hydrogen (secondary N) is 1. The summed E-state index contributed by atoms with van der Waals surface area (Å²) in [6.45, 7) is 0.421. The zero-order valence-electron chi connectivity index (χ0n) is 11.7. The van der Waals surface area contributed by atoms with E-state index in [0.717, 1.165) is 5.56 Å². The number of methoxy groups -OCH3 is 2. The Morgan fingerprint density at radius 1 is 1.35 bits per heavy atom. The van der Waals surface area contributed by atoms with Crippen molar-refractivity contribution in [2.45, 2.75) is 6.54 Å². The molecule has 2 aromatic rings. The fraction of sp³-hybridized carbons (Fsp3) is 0.286. The van der Waals surface area contributed by atoms with Crippen molar-refractivity contribution in [3.8, 4) is 11.5 Å². The van der Waals surface area contributed by atoms with E-state index in [0.29, 0.717) is 23.6 Å². The Hall–Kier alpha value is -2.50. The lowest BCUT2D eigenvalue weighted by molar-refractivity contribution is 0.0784. The smallest absolute Gasteiger partial charge is 0.257 e. The van der Waals surface area contributed by atoms with Crippen LogP contribution in [-0.4, -0.2) is 42.3 Å². The molecule has 1 amide bonds. The van der Waals surface area contributed by atoms with Gasteiger partial charge in [-0.15, -0.1) is 0 Å². The molecule has 0 aliphatic carbocycles. The Morgan fingerprint density at radius 2 is 2.15 bits per heavy atom. The molecule has 20 heavy (non-hydrogen) atoms. The second-order valence-corrected chi connectivity index (χ2v) is 4.30. The molecule has 106 valence electrons. The number of rotatable bonds is 5. The summed E-state index contributed by atoms with van der Waals surface area (Å²) >= 11 is 0. The van der Waals surface area contributed by atoms with Crippen LogP contribution in [0.25, 0.3) is 0 Å². The van der Waals surface area contributed by atoms with Crippen molar-refractivity contribution in [3.05, 3.63) is 41.7 Å². The quantitative estimate of drug-likeness (QED) is 0.901. The molecule has 0 saturated heterocycles. The van der Waals surface area contributed by atoms with Crippen molar-refractivity contribution < 1.29 is 14.3 Å². The van der Waals surface area contributed by atoms with Crippen LogP contribution in [0.4, 0.5) is 0 Å². The summed E-state index contributed by atoms with van der Waals surface area (Å²) in [5, 5.41) is 6.40. The van der Waals surface area contributed by atoms with Crippen LogP contribution in [0.5, 0.6) is 11.5 Å². The predicted molar refractivity (Wildman–Crippen MR) is 73.9 cm³/mol. The first-order chi connectivity index (χ1) is 9.67. The van der Waals surface area contributed by atoms with Crippen LogP contribution in [0.1, 0.15) is 15.9 Å². The van der Waals surface area contributed by atoms with Crippen LogP contribution >= 0.6 is 0 Å². The van der Waals surface area contributed by atoms with Gasteiger partial charge < -0.3 is 14.4 Å². The van der Waals surface area contributed by atoms with Crippen molar-refractivity contribution in [2.24, 2.45) is 0 Å². The van der Waals surface area contributed by atoms with E-state index >= 15 is 0 Å². The third kappa shape index (κ3) is 2.74. The van der Waals surface area contributed by atoms with Crippen molar-refractivity contribution in [1.82, 2.24) is 15.1 Å². The van der Waals surface area contributed by atoms with Gasteiger partial charge in [0.1, 0.15) is 0 Å². The molecule has 0 atom stereocenters. The molecule has 2 rings (SSSR count). The molecule has 0 bridgehead atoms. The molecule has 0 aliphatic heterocycles. The standard InChI is InChI=1S/C14H17N3O3/c1-17(14(18)11-7-15-16-8-11)9-10-5-4-6-12(19-2)13(10)20-3/h4-8H,9H2,1-3H3,(H,15,16). The van der Waals surface area contributed by atoms with Gasteiger partial charge in [-0.1, -0.05) is 12.1 Å². The lowest BCUT2D eigenvalue weighted by atomic mass is 10.1. The SMILES string of the molecule is COc1cccc(CN(C)C(=O)c2cn[nH]c2)c1OC. The Balaban J connectivity index is 2.19. The van der Waals surface area contributed by atoms with E-state index in [1.165, 1.54) is 6.20 Å². The molecule has 0 fully saturated rings. The van der Waals surface area contributed by atoms with E-state index in [1.54, 1.807) is 32.4 Å². The van der Waals surface area contributed by atoms with E-state index in [9.17, 15) is 4.79 Å². The maximum Gasteiger partial charge on any atom is 0.257 e. The number of H-pyrrole nitrogens is 1. The minimum atomic E-state index is -0.108. The van der Waals surface area contributed by atoms with Crippen molar-refractivity contribution in [1.29, 1.82) is 0 Å². The highest BCUT2D eigenvalue weighted by molar-refractivity contribution is 5.93. The van der Waals surface area contributed by atoms with Crippen LogP contribution < -0.4 is 9.47 Å². The summed E-state index contributed by atoms with van der Waals surface area (Å²) < 4.78 is 10.6. The maximum absolute atomic E-state index is 12.2. The van der Waals surface area contributed by atoms with Crippen LogP contribution in [0.15, 0.2) is 30.6 Å². The molecule has 0 saturated carbocycles. The molecular formula is C14H17N3O3. The van der Waals surface area contributed by atoms with Crippen molar-refractivity contribution in [3.63, 3.8) is 0 Å². The predicted octanol–water partition coefficient (Wildman–Crippen LogP) is 1.70. The number of aromatic amines is 1. The second-order valence-electron chi connectivity index (χ2n) is 4.30. The molecule has 0 spiro atoms. The van der Waals surface area contributed by atoms with Gasteiger partial charge >= 0.3 is 0 Å². The van der Waals surface area contributed by atoms with Gasteiger partial charge in [0.2, 0.25) is 0 Å². The first kappa shape index (κ1) is 13.9. The third-order valence-electron chi connectivity index (χ3n) is 2.98. The number of carbonyl (C=O) groups excluding carboxylic acids is 1. The fourth-order valence-electron chi connectivity index (χ4n) is 1.99. The van der Waals surface area contributed by atoms with Gasteiger partial charge in [-0.3, -0.25) is 9.89 Å². The largest absolute Gasteiger partial charge is 0.493 e. The number of hydrogen-bond donors (Lipinski definition) is 1. The number of hydrogen-bond acceptors (Lipinski definition) is 4. The maximum atomic E-state index is 12.2. The second kappa shape index (κ2) is 6.10. The highest BCUT2D eigenvalue weighted by Crippen LogP contribution is 2.31. The Morgan fingerprint density at radius 3 is 2.75 bits per heavy atom. The molecule has 0 aliphatic rings. The number of para-hydroxylation sites is 1. The van der Waals surface area contributed by atoms with Gasteiger partial charge in [0.05, 0.1) is 26.0 Å². The zero-order chi connectivity index (χ0) is 14.5. The molecule has 1 aromatic heterocycles. The normalized spacial score (nSPS) is 10.2. The van der Waals surface area contributed by atoms with Crippen LogP contribution in [0.3, 0.4) is 0 Å². The highest BCUT2D eigenvalue weighted by atomic mass is 16.5. The monoisotopic (exact) mass is 275 g/mol. The van der Waals surface area contributed by atoms with Gasteiger partial charge in [-0.2, -0.15) is 5.10 Å². The van der Waals surface area contributed by atoms with Crippen LogP contribution in [-0.2, 0) is 6.54 Å². The molecule has 1 aromatic carbocycles. The van der Waals surface area contributed by atoms with Crippen LogP contribution in [0, 0.1) is 0 Å².